The number of phosphoric acid groups is 2. The molecule has 42 heavy (non-hydrogen) atoms. The number of hydrogen-bond acceptors (Lipinski definition) is 12. The van der Waals surface area contributed by atoms with Gasteiger partial charge in [-0.3, -0.25) is 28.0 Å². The van der Waals surface area contributed by atoms with Gasteiger partial charge in [0.2, 0.25) is 0 Å². The monoisotopic (exact) mass is 649 g/mol. The molecule has 19 heteroatoms. The van der Waals surface area contributed by atoms with Crippen LogP contribution < -0.4 is 26.1 Å². The van der Waals surface area contributed by atoms with Crippen LogP contribution in [0.25, 0.3) is 0 Å². The fourth-order valence-corrected chi connectivity index (χ4v) is 7.28. The standard InChI is InChI=1S/C23H32N3O13P3/c1-3-5-7-9-10-11-13-18-17-26(23(29)25-22(18)28)21-15-19(27)20(37-21)16-24-40(30,36-14-12-8-6-4-2)38-42(34,35)39-41(31,32)33/h1-2,17,19-21,27H,5-10,12,14-16H2,(H,24,30)(H,34,35)(H,25,28,29)(H2,31,32,33)/p-2/t19-,20-,21-,40?/m1/s1. The Kier molecular flexibility index (Phi) is 14.1. The van der Waals surface area contributed by atoms with Gasteiger partial charge in [0, 0.05) is 38.4 Å². The van der Waals surface area contributed by atoms with E-state index in [1.54, 1.807) is 0 Å². The van der Waals surface area contributed by atoms with Crippen molar-refractivity contribution in [2.45, 2.75) is 69.8 Å². The number of nitrogens with zero attached hydrogens (tertiary/aromatic N) is 1. The Balaban J connectivity index is 2.14. The maximum absolute atomic E-state index is 13.1. The van der Waals surface area contributed by atoms with E-state index in [1.165, 1.54) is 0 Å². The van der Waals surface area contributed by atoms with Gasteiger partial charge >= 0.3 is 13.4 Å². The normalized spacial score (nSPS) is 22.5. The van der Waals surface area contributed by atoms with E-state index in [0.29, 0.717) is 32.1 Å². The van der Waals surface area contributed by atoms with Gasteiger partial charge in [-0.25, -0.2) is 23.1 Å². The summed E-state index contributed by atoms with van der Waals surface area (Å²) in [4.78, 5) is 58.2. The highest BCUT2D eigenvalue weighted by molar-refractivity contribution is 7.66. The number of terminal acetylenes is 2. The van der Waals surface area contributed by atoms with Crippen LogP contribution >= 0.6 is 23.4 Å². The maximum Gasteiger partial charge on any atom is 0.412 e. The maximum atomic E-state index is 13.1. The number of hydrogen-bond donors (Lipinski definition) is 4. The Morgan fingerprint density at radius 3 is 2.38 bits per heavy atom. The van der Waals surface area contributed by atoms with Gasteiger partial charge in [-0.15, -0.1) is 24.7 Å². The number of aliphatic hydroxyl groups excluding tert-OH is 1. The average Bonchev–Trinajstić information content (AvgIpc) is 3.24. The van der Waals surface area contributed by atoms with Crippen molar-refractivity contribution in [1.29, 1.82) is 0 Å². The number of unbranched alkanes of at least 4 members (excludes halogenated alkanes) is 5. The minimum absolute atomic E-state index is 0.0342. The SMILES string of the molecule is C#CCCCCC#Cc1cn([C@H]2C[C@@H](O)[C@@H](CNP(=O)(OCCCCC#C)OP(=O)([O-])OP(=O)([O-])O)O2)c(=O)[nH]c1=O. The lowest BCUT2D eigenvalue weighted by molar-refractivity contribution is -0.236. The highest BCUT2D eigenvalue weighted by Gasteiger charge is 2.39. The molecule has 0 bridgehead atoms. The topological polar surface area (TPSA) is 242 Å². The van der Waals surface area contributed by atoms with Crippen molar-refractivity contribution in [3.63, 3.8) is 0 Å². The summed E-state index contributed by atoms with van der Waals surface area (Å²) in [5, 5.41) is 12.6. The number of ether oxygens (including phenoxy) is 1. The lowest BCUT2D eigenvalue weighted by Crippen LogP contribution is -2.35. The van der Waals surface area contributed by atoms with Gasteiger partial charge in [0.05, 0.1) is 18.8 Å². The van der Waals surface area contributed by atoms with E-state index in [0.717, 1.165) is 17.2 Å². The number of nitrogens with one attached hydrogen (secondary N) is 2. The van der Waals surface area contributed by atoms with E-state index >= 15 is 0 Å². The van der Waals surface area contributed by atoms with Crippen LogP contribution in [-0.4, -0.2) is 44.9 Å². The second-order valence-electron chi connectivity index (χ2n) is 8.79. The number of aliphatic hydroxyl groups is 1. The number of rotatable bonds is 16. The van der Waals surface area contributed by atoms with E-state index in [4.69, 9.17) is 27.0 Å². The molecule has 1 aliphatic heterocycles. The minimum Gasteiger partial charge on any atom is -0.756 e. The first-order chi connectivity index (χ1) is 19.7. The summed E-state index contributed by atoms with van der Waals surface area (Å²) in [6.45, 7) is -0.937. The number of H-pyrrole nitrogens is 1. The Labute approximate surface area is 241 Å². The van der Waals surface area contributed by atoms with Crippen molar-refractivity contribution in [1.82, 2.24) is 14.6 Å². The summed E-state index contributed by atoms with van der Waals surface area (Å²) in [5.41, 5.74) is -1.62. The number of aromatic nitrogens is 2. The van der Waals surface area contributed by atoms with Crippen LogP contribution in [0.1, 0.15) is 63.2 Å². The molecule has 4 N–H and O–H groups in total. The van der Waals surface area contributed by atoms with E-state index in [9.17, 15) is 38.2 Å². The van der Waals surface area contributed by atoms with Crippen molar-refractivity contribution < 1.29 is 51.4 Å². The summed E-state index contributed by atoms with van der Waals surface area (Å²) >= 11 is 0. The molecule has 1 saturated heterocycles. The van der Waals surface area contributed by atoms with E-state index in [1.807, 2.05) is 0 Å². The molecule has 1 aromatic rings. The summed E-state index contributed by atoms with van der Waals surface area (Å²) < 4.78 is 55.3. The van der Waals surface area contributed by atoms with E-state index in [2.05, 4.69) is 42.4 Å². The quantitative estimate of drug-likeness (QED) is 0.106. The van der Waals surface area contributed by atoms with Gasteiger partial charge in [-0.05, 0) is 25.7 Å². The van der Waals surface area contributed by atoms with Crippen LogP contribution in [0.15, 0.2) is 15.8 Å². The third kappa shape index (κ3) is 12.5. The van der Waals surface area contributed by atoms with Crippen molar-refractivity contribution in [3.8, 4) is 36.5 Å². The highest BCUT2D eigenvalue weighted by Crippen LogP contribution is 2.63. The van der Waals surface area contributed by atoms with Crippen LogP contribution in [0, 0.1) is 36.5 Å². The molecular weight excluding hydrogens is 619 g/mol. The largest absolute Gasteiger partial charge is 0.756 e. The molecule has 232 valence electrons. The van der Waals surface area contributed by atoms with Crippen LogP contribution in [0.2, 0.25) is 0 Å². The molecule has 16 nitrogen and oxygen atoms in total. The van der Waals surface area contributed by atoms with Gasteiger partial charge in [-0.1, -0.05) is 11.8 Å². The van der Waals surface area contributed by atoms with E-state index in [-0.39, 0.29) is 25.0 Å². The molecule has 1 aromatic heterocycles. The average molecular weight is 649 g/mol. The van der Waals surface area contributed by atoms with Gasteiger partial charge in [0.25, 0.3) is 21.2 Å². The molecule has 0 aliphatic carbocycles. The molecule has 0 spiro atoms. The molecule has 0 amide bonds. The molecule has 1 fully saturated rings. The summed E-state index contributed by atoms with van der Waals surface area (Å²) in [7, 11) is -16.7. The molecule has 0 saturated carbocycles. The highest BCUT2D eigenvalue weighted by atomic mass is 31.3. The Morgan fingerprint density at radius 2 is 1.74 bits per heavy atom. The zero-order chi connectivity index (χ0) is 31.4. The molecule has 1 aliphatic rings. The smallest absolute Gasteiger partial charge is 0.412 e. The Morgan fingerprint density at radius 1 is 1.10 bits per heavy atom. The Bertz CT molecular complexity index is 1480. The van der Waals surface area contributed by atoms with Crippen molar-refractivity contribution in [2.75, 3.05) is 13.2 Å². The molecule has 2 heterocycles. The lowest BCUT2D eigenvalue weighted by atomic mass is 10.2. The van der Waals surface area contributed by atoms with Gasteiger partial charge in [-0.2, -0.15) is 0 Å². The molecule has 0 radical (unpaired) electrons. The van der Waals surface area contributed by atoms with Crippen molar-refractivity contribution in [2.24, 2.45) is 0 Å². The minimum atomic E-state index is -5.93. The predicted molar refractivity (Wildman–Crippen MR) is 144 cm³/mol. The summed E-state index contributed by atoms with van der Waals surface area (Å²) in [6, 6.07) is 0. The summed E-state index contributed by atoms with van der Waals surface area (Å²) in [5.74, 6) is 10.4. The number of aromatic amines is 1. The first kappa shape index (κ1) is 35.9. The second-order valence-corrected chi connectivity index (χ2v) is 13.5. The Hall–Kier alpha value is -2.31. The lowest BCUT2D eigenvalue weighted by Gasteiger charge is -2.30. The van der Waals surface area contributed by atoms with Crippen LogP contribution in [0.5, 0.6) is 0 Å². The fraction of sp³-hybridized carbons (Fsp3) is 0.565. The van der Waals surface area contributed by atoms with Gasteiger partial charge in [0.1, 0.15) is 11.8 Å². The van der Waals surface area contributed by atoms with Crippen molar-refractivity contribution >= 4 is 23.4 Å². The second kappa shape index (κ2) is 16.5. The molecule has 0 aromatic carbocycles. The molecule has 3 unspecified atom stereocenters. The van der Waals surface area contributed by atoms with Crippen molar-refractivity contribution in [3.05, 3.63) is 32.6 Å². The van der Waals surface area contributed by atoms with Gasteiger partial charge < -0.3 is 24.5 Å². The van der Waals surface area contributed by atoms with Crippen LogP contribution in [0.4, 0.5) is 0 Å². The molecular formula is C23H30N3O13P3-2. The fourth-order valence-electron chi connectivity index (χ4n) is 3.54. The van der Waals surface area contributed by atoms with Crippen LogP contribution in [-0.2, 0) is 31.6 Å². The molecule has 6 atom stereocenters. The summed E-state index contributed by atoms with van der Waals surface area (Å²) in [6.07, 6.45) is 11.2. The zero-order valence-corrected chi connectivity index (χ0v) is 24.9. The first-order valence-corrected chi connectivity index (χ1v) is 17.0. The first-order valence-electron chi connectivity index (χ1n) is 12.5. The zero-order valence-electron chi connectivity index (χ0n) is 22.2. The van der Waals surface area contributed by atoms with Crippen LogP contribution in [0.3, 0.4) is 0 Å². The van der Waals surface area contributed by atoms with E-state index < -0.39 is 59.6 Å². The molecule has 2 rings (SSSR count). The van der Waals surface area contributed by atoms with Gasteiger partial charge in [0.15, 0.2) is 0 Å². The predicted octanol–water partition coefficient (Wildman–Crippen LogP) is 0.210. The third-order valence-electron chi connectivity index (χ3n) is 5.45. The third-order valence-corrected chi connectivity index (χ3v) is 9.83.